The number of aromatic nitrogens is 4. The molecule has 0 aromatic carbocycles. The minimum Gasteiger partial charge on any atom is -0.480 e. The maximum atomic E-state index is 12.5. The monoisotopic (exact) mass is 430 g/mol. The number of nitrogens with one attached hydrogen (secondary N) is 2. The Balaban J connectivity index is 1.40. The maximum Gasteiger partial charge on any atom is 0.231 e. The number of hydrogen-bond acceptors (Lipinski definition) is 9. The highest BCUT2D eigenvalue weighted by atomic mass is 16.5. The van der Waals surface area contributed by atoms with Gasteiger partial charge in [0.2, 0.25) is 11.8 Å². The third-order valence-electron chi connectivity index (χ3n) is 5.91. The number of carbonyl (C=O) groups excluding carboxylic acids is 1. The first kappa shape index (κ1) is 20.1. The van der Waals surface area contributed by atoms with Gasteiger partial charge in [0.1, 0.15) is 23.5 Å². The summed E-state index contributed by atoms with van der Waals surface area (Å²) in [5.41, 5.74) is 3.03. The topological polar surface area (TPSA) is 129 Å². The Bertz CT molecular complexity index is 1220. The SMILES string of the molecule is COc1ncc(-c2ccc3ncnc(NC4CCN(C(=O)C5CNC5)C4)c3n2)cc1C#N. The van der Waals surface area contributed by atoms with Gasteiger partial charge in [0.15, 0.2) is 5.82 Å². The summed E-state index contributed by atoms with van der Waals surface area (Å²) in [7, 11) is 1.48. The number of nitrogens with zero attached hydrogens (tertiary/aromatic N) is 6. The Labute approximate surface area is 184 Å². The van der Waals surface area contributed by atoms with E-state index in [0.29, 0.717) is 40.2 Å². The molecule has 1 amide bonds. The van der Waals surface area contributed by atoms with Crippen LogP contribution in [0.5, 0.6) is 5.88 Å². The van der Waals surface area contributed by atoms with Gasteiger partial charge in [-0.1, -0.05) is 0 Å². The quantitative estimate of drug-likeness (QED) is 0.613. The van der Waals surface area contributed by atoms with Crippen molar-refractivity contribution in [2.45, 2.75) is 12.5 Å². The van der Waals surface area contributed by atoms with E-state index >= 15 is 0 Å². The van der Waals surface area contributed by atoms with Crippen molar-refractivity contribution in [2.75, 3.05) is 38.6 Å². The zero-order valence-corrected chi connectivity index (χ0v) is 17.6. The standard InChI is InChI=1S/C22H22N8O2/c1-32-21-13(7-23)6-14(10-25-21)17-2-3-18-19(29-17)20(27-12-26-18)28-16-4-5-30(11-16)22(31)15-8-24-9-15/h2-3,6,10,12,15-16,24H,4-5,8-9,11H2,1H3,(H,26,27,28). The number of rotatable bonds is 5. The molecule has 5 rings (SSSR count). The summed E-state index contributed by atoms with van der Waals surface area (Å²) in [6.45, 7) is 2.92. The van der Waals surface area contributed by atoms with Crippen LogP contribution in [0.1, 0.15) is 12.0 Å². The largest absolute Gasteiger partial charge is 0.480 e. The second-order valence-corrected chi connectivity index (χ2v) is 7.95. The fraction of sp³-hybridized carbons (Fsp3) is 0.364. The van der Waals surface area contributed by atoms with Crippen LogP contribution in [0, 0.1) is 17.2 Å². The number of methoxy groups -OCH3 is 1. The number of fused-ring (bicyclic) bond motifs is 1. The van der Waals surface area contributed by atoms with Gasteiger partial charge >= 0.3 is 0 Å². The highest BCUT2D eigenvalue weighted by Crippen LogP contribution is 2.27. The smallest absolute Gasteiger partial charge is 0.231 e. The fourth-order valence-electron chi connectivity index (χ4n) is 4.03. The molecule has 10 nitrogen and oxygen atoms in total. The number of hydrogen-bond donors (Lipinski definition) is 2. The van der Waals surface area contributed by atoms with E-state index in [2.05, 4.69) is 31.7 Å². The summed E-state index contributed by atoms with van der Waals surface area (Å²) in [5.74, 6) is 1.24. The number of ether oxygens (including phenoxy) is 1. The average Bonchev–Trinajstić information content (AvgIpc) is 3.26. The van der Waals surface area contributed by atoms with Gasteiger partial charge in [0.25, 0.3) is 0 Å². The maximum absolute atomic E-state index is 12.5. The third kappa shape index (κ3) is 3.67. The van der Waals surface area contributed by atoms with Gasteiger partial charge in [-0.05, 0) is 24.6 Å². The van der Waals surface area contributed by atoms with Gasteiger partial charge in [0.05, 0.1) is 24.2 Å². The minimum absolute atomic E-state index is 0.100. The van der Waals surface area contributed by atoms with Crippen LogP contribution in [0.25, 0.3) is 22.3 Å². The molecular weight excluding hydrogens is 408 g/mol. The molecule has 162 valence electrons. The van der Waals surface area contributed by atoms with E-state index in [4.69, 9.17) is 9.72 Å². The molecule has 2 fully saturated rings. The van der Waals surface area contributed by atoms with E-state index in [1.54, 1.807) is 12.3 Å². The Morgan fingerprint density at radius 1 is 1.31 bits per heavy atom. The van der Waals surface area contributed by atoms with Gasteiger partial charge in [-0.15, -0.1) is 0 Å². The lowest BCUT2D eigenvalue weighted by molar-refractivity contribution is -0.135. The summed E-state index contributed by atoms with van der Waals surface area (Å²) in [5, 5.41) is 16.0. The first-order valence-corrected chi connectivity index (χ1v) is 10.5. The summed E-state index contributed by atoms with van der Waals surface area (Å²) in [6.07, 6.45) is 3.98. The van der Waals surface area contributed by atoms with Crippen molar-refractivity contribution in [2.24, 2.45) is 5.92 Å². The van der Waals surface area contributed by atoms with Crippen molar-refractivity contribution >= 4 is 22.8 Å². The Morgan fingerprint density at radius 2 is 2.19 bits per heavy atom. The zero-order valence-electron chi connectivity index (χ0n) is 17.6. The van der Waals surface area contributed by atoms with Crippen LogP contribution in [0.15, 0.2) is 30.7 Å². The molecule has 0 saturated carbocycles. The van der Waals surface area contributed by atoms with Gasteiger partial charge < -0.3 is 20.3 Å². The first-order chi connectivity index (χ1) is 15.7. The normalized spacial score (nSPS) is 18.2. The van der Waals surface area contributed by atoms with Crippen molar-refractivity contribution in [3.63, 3.8) is 0 Å². The molecule has 1 atom stereocenters. The lowest BCUT2D eigenvalue weighted by atomic mass is 10.0. The average molecular weight is 430 g/mol. The van der Waals surface area contributed by atoms with Crippen LogP contribution >= 0.6 is 0 Å². The molecule has 0 bridgehead atoms. The van der Waals surface area contributed by atoms with Crippen molar-refractivity contribution in [3.05, 3.63) is 36.3 Å². The molecule has 0 radical (unpaired) electrons. The second-order valence-electron chi connectivity index (χ2n) is 7.95. The van der Waals surface area contributed by atoms with E-state index in [9.17, 15) is 10.1 Å². The predicted molar refractivity (Wildman–Crippen MR) is 117 cm³/mol. The number of likely N-dealkylation sites (tertiary alicyclic amines) is 1. The lowest BCUT2D eigenvalue weighted by Gasteiger charge is -2.30. The van der Waals surface area contributed by atoms with E-state index in [1.807, 2.05) is 17.0 Å². The number of nitriles is 1. The molecule has 2 aliphatic rings. The third-order valence-corrected chi connectivity index (χ3v) is 5.91. The molecule has 3 aromatic rings. The Morgan fingerprint density at radius 3 is 2.94 bits per heavy atom. The molecule has 1 unspecified atom stereocenters. The van der Waals surface area contributed by atoms with Gasteiger partial charge in [0, 0.05) is 44.0 Å². The Kier molecular flexibility index (Phi) is 5.25. The van der Waals surface area contributed by atoms with Crippen LogP contribution in [0.3, 0.4) is 0 Å². The van der Waals surface area contributed by atoms with Gasteiger partial charge in [-0.2, -0.15) is 5.26 Å². The molecule has 32 heavy (non-hydrogen) atoms. The Hall–Kier alpha value is -3.84. The lowest BCUT2D eigenvalue weighted by Crippen LogP contribution is -2.51. The van der Waals surface area contributed by atoms with Crippen LogP contribution in [-0.2, 0) is 4.79 Å². The molecule has 3 aromatic heterocycles. The summed E-state index contributed by atoms with van der Waals surface area (Å²) >= 11 is 0. The van der Waals surface area contributed by atoms with Crippen molar-refractivity contribution < 1.29 is 9.53 Å². The highest BCUT2D eigenvalue weighted by Gasteiger charge is 2.33. The van der Waals surface area contributed by atoms with Crippen LogP contribution in [0.2, 0.25) is 0 Å². The molecule has 2 saturated heterocycles. The molecule has 5 heterocycles. The predicted octanol–water partition coefficient (Wildman–Crippen LogP) is 1.20. The van der Waals surface area contributed by atoms with Gasteiger partial charge in [-0.25, -0.2) is 19.9 Å². The number of anilines is 1. The van der Waals surface area contributed by atoms with E-state index in [1.165, 1.54) is 13.4 Å². The summed E-state index contributed by atoms with van der Waals surface area (Å²) < 4.78 is 5.13. The van der Waals surface area contributed by atoms with E-state index in [-0.39, 0.29) is 23.7 Å². The molecule has 2 aliphatic heterocycles. The summed E-state index contributed by atoms with van der Waals surface area (Å²) in [4.78, 5) is 32.1. The summed E-state index contributed by atoms with van der Waals surface area (Å²) in [6, 6.07) is 7.61. The number of amides is 1. The van der Waals surface area contributed by atoms with E-state index in [0.717, 1.165) is 26.1 Å². The van der Waals surface area contributed by atoms with Crippen molar-refractivity contribution in [1.29, 1.82) is 5.26 Å². The first-order valence-electron chi connectivity index (χ1n) is 10.5. The molecule has 0 aliphatic carbocycles. The molecule has 0 spiro atoms. The fourth-order valence-corrected chi connectivity index (χ4v) is 4.03. The second kappa shape index (κ2) is 8.36. The number of carbonyl (C=O) groups is 1. The van der Waals surface area contributed by atoms with Gasteiger partial charge in [-0.3, -0.25) is 4.79 Å². The zero-order chi connectivity index (χ0) is 22.1. The van der Waals surface area contributed by atoms with Crippen LogP contribution < -0.4 is 15.4 Å². The molecule has 10 heteroatoms. The van der Waals surface area contributed by atoms with Crippen LogP contribution in [0.4, 0.5) is 5.82 Å². The number of pyridine rings is 2. The van der Waals surface area contributed by atoms with Crippen molar-refractivity contribution in [3.8, 4) is 23.2 Å². The highest BCUT2D eigenvalue weighted by molar-refractivity contribution is 5.87. The van der Waals surface area contributed by atoms with Crippen molar-refractivity contribution in [1.82, 2.24) is 30.2 Å². The van der Waals surface area contributed by atoms with E-state index < -0.39 is 0 Å². The molecule has 2 N–H and O–H groups in total. The minimum atomic E-state index is 0.100. The van der Waals surface area contributed by atoms with Crippen LogP contribution in [-0.4, -0.2) is 70.1 Å². The molecular formula is C22H22N8O2.